The first kappa shape index (κ1) is 12.2. The third kappa shape index (κ3) is 1.97. The molecule has 1 fully saturated rings. The Morgan fingerprint density at radius 2 is 2.28 bits per heavy atom. The predicted molar refractivity (Wildman–Crippen MR) is 76.1 cm³/mol. The third-order valence-corrected chi connectivity index (χ3v) is 5.03. The number of hydrogen-bond donors (Lipinski definition) is 0. The van der Waals surface area contributed by atoms with Crippen molar-refractivity contribution >= 4 is 26.8 Å². The van der Waals surface area contributed by atoms with Crippen molar-refractivity contribution in [2.24, 2.45) is 12.5 Å². The Bertz CT molecular complexity index is 558. The van der Waals surface area contributed by atoms with E-state index < -0.39 is 0 Å². The van der Waals surface area contributed by atoms with E-state index in [1.807, 2.05) is 11.7 Å². The Labute approximate surface area is 115 Å². The quantitative estimate of drug-likeness (QED) is 0.815. The zero-order chi connectivity index (χ0) is 12.6. The van der Waals surface area contributed by atoms with Crippen LogP contribution >= 0.6 is 15.9 Å². The number of aryl methyl sites for hydroxylation is 1. The summed E-state index contributed by atoms with van der Waals surface area (Å²) in [6.45, 7) is 1.71. The first-order valence-electron chi connectivity index (χ1n) is 6.28. The number of alkyl halides is 1. The molecule has 4 heteroatoms. The van der Waals surface area contributed by atoms with Gasteiger partial charge in [-0.25, -0.2) is 0 Å². The van der Waals surface area contributed by atoms with Crippen LogP contribution in [0.15, 0.2) is 24.3 Å². The number of halogens is 1. The second-order valence-electron chi connectivity index (χ2n) is 5.20. The van der Waals surface area contributed by atoms with Crippen LogP contribution in [0.4, 0.5) is 0 Å². The number of para-hydroxylation sites is 1. The third-order valence-electron chi connectivity index (χ3n) is 3.85. The van der Waals surface area contributed by atoms with E-state index in [1.54, 1.807) is 0 Å². The van der Waals surface area contributed by atoms with Gasteiger partial charge in [0, 0.05) is 36.2 Å². The minimum atomic E-state index is 0.219. The van der Waals surface area contributed by atoms with Crippen LogP contribution in [0.25, 0.3) is 10.9 Å². The van der Waals surface area contributed by atoms with Gasteiger partial charge in [0.1, 0.15) is 0 Å². The van der Waals surface area contributed by atoms with Crippen molar-refractivity contribution in [3.05, 3.63) is 30.0 Å². The second-order valence-corrected chi connectivity index (χ2v) is 5.76. The summed E-state index contributed by atoms with van der Waals surface area (Å²) in [5, 5.41) is 6.93. The van der Waals surface area contributed by atoms with Gasteiger partial charge in [-0.15, -0.1) is 0 Å². The summed E-state index contributed by atoms with van der Waals surface area (Å²) in [5.41, 5.74) is 2.62. The van der Waals surface area contributed by atoms with E-state index in [2.05, 4.69) is 45.3 Å². The van der Waals surface area contributed by atoms with Crippen molar-refractivity contribution in [3.8, 4) is 0 Å². The highest BCUT2D eigenvalue weighted by molar-refractivity contribution is 9.09. The molecule has 1 aromatic heterocycles. The molecule has 3 rings (SSSR count). The van der Waals surface area contributed by atoms with Crippen LogP contribution in [-0.4, -0.2) is 28.3 Å². The van der Waals surface area contributed by atoms with Crippen molar-refractivity contribution in [1.29, 1.82) is 0 Å². The van der Waals surface area contributed by atoms with Gasteiger partial charge in [0.2, 0.25) is 0 Å². The molecule has 1 unspecified atom stereocenters. The number of benzene rings is 1. The monoisotopic (exact) mass is 308 g/mol. The summed E-state index contributed by atoms with van der Waals surface area (Å²) in [6, 6.07) is 8.43. The largest absolute Gasteiger partial charge is 0.381 e. The minimum absolute atomic E-state index is 0.219. The number of hydrogen-bond acceptors (Lipinski definition) is 2. The van der Waals surface area contributed by atoms with Crippen molar-refractivity contribution in [2.45, 2.75) is 12.8 Å². The Morgan fingerprint density at radius 3 is 3.00 bits per heavy atom. The number of rotatable bonds is 3. The van der Waals surface area contributed by atoms with Crippen molar-refractivity contribution in [2.75, 3.05) is 18.5 Å². The van der Waals surface area contributed by atoms with E-state index in [4.69, 9.17) is 4.74 Å². The van der Waals surface area contributed by atoms with E-state index in [-0.39, 0.29) is 5.41 Å². The van der Waals surface area contributed by atoms with Crippen molar-refractivity contribution in [1.82, 2.24) is 9.78 Å². The number of fused-ring (bicyclic) bond motifs is 1. The first-order valence-corrected chi connectivity index (χ1v) is 7.41. The maximum atomic E-state index is 5.58. The van der Waals surface area contributed by atoms with Crippen LogP contribution in [0.3, 0.4) is 0 Å². The lowest BCUT2D eigenvalue weighted by Crippen LogP contribution is -2.26. The summed E-state index contributed by atoms with van der Waals surface area (Å²) in [6.07, 6.45) is 2.10. The summed E-state index contributed by atoms with van der Waals surface area (Å²) in [4.78, 5) is 0. The van der Waals surface area contributed by atoms with E-state index in [1.165, 1.54) is 16.6 Å². The summed E-state index contributed by atoms with van der Waals surface area (Å²) in [7, 11) is 2.01. The number of nitrogens with zero attached hydrogens (tertiary/aromatic N) is 2. The van der Waals surface area contributed by atoms with Gasteiger partial charge < -0.3 is 4.74 Å². The van der Waals surface area contributed by atoms with Gasteiger partial charge in [-0.3, -0.25) is 4.68 Å². The fraction of sp³-hybridized carbons (Fsp3) is 0.500. The molecule has 0 bridgehead atoms. The molecular weight excluding hydrogens is 292 g/mol. The highest BCUT2D eigenvalue weighted by Gasteiger charge is 2.35. The fourth-order valence-corrected chi connectivity index (χ4v) is 3.36. The molecule has 2 heterocycles. The summed E-state index contributed by atoms with van der Waals surface area (Å²) >= 11 is 3.65. The predicted octanol–water partition coefficient (Wildman–Crippen LogP) is 2.92. The minimum Gasteiger partial charge on any atom is -0.381 e. The molecule has 1 aliphatic heterocycles. The van der Waals surface area contributed by atoms with Gasteiger partial charge in [-0.2, -0.15) is 5.10 Å². The molecule has 0 N–H and O–H groups in total. The van der Waals surface area contributed by atoms with Crippen LogP contribution in [0, 0.1) is 5.41 Å². The lowest BCUT2D eigenvalue weighted by atomic mass is 9.84. The average molecular weight is 309 g/mol. The van der Waals surface area contributed by atoms with Gasteiger partial charge in [-0.05, 0) is 12.5 Å². The van der Waals surface area contributed by atoms with Crippen molar-refractivity contribution < 1.29 is 4.74 Å². The maximum absolute atomic E-state index is 5.58. The average Bonchev–Trinajstić information content (AvgIpc) is 2.98. The highest BCUT2D eigenvalue weighted by atomic mass is 79.9. The van der Waals surface area contributed by atoms with Crippen LogP contribution in [0.2, 0.25) is 0 Å². The Balaban J connectivity index is 1.99. The van der Waals surface area contributed by atoms with E-state index in [0.717, 1.165) is 31.4 Å². The summed E-state index contributed by atoms with van der Waals surface area (Å²) < 4.78 is 7.55. The fourth-order valence-electron chi connectivity index (χ4n) is 2.72. The number of ether oxygens (including phenoxy) is 1. The molecule has 1 aromatic carbocycles. The topological polar surface area (TPSA) is 27.1 Å². The molecule has 0 spiro atoms. The lowest BCUT2D eigenvalue weighted by Gasteiger charge is -2.23. The van der Waals surface area contributed by atoms with Gasteiger partial charge in [0.05, 0.1) is 17.8 Å². The molecule has 1 atom stereocenters. The molecule has 0 saturated carbocycles. The highest BCUT2D eigenvalue weighted by Crippen LogP contribution is 2.35. The van der Waals surface area contributed by atoms with Gasteiger partial charge in [0.15, 0.2) is 0 Å². The molecular formula is C14H17BrN2O. The van der Waals surface area contributed by atoms with Crippen LogP contribution in [0.5, 0.6) is 0 Å². The van der Waals surface area contributed by atoms with E-state index in [9.17, 15) is 0 Å². The summed E-state index contributed by atoms with van der Waals surface area (Å²) in [5.74, 6) is 0. The van der Waals surface area contributed by atoms with Crippen molar-refractivity contribution in [3.63, 3.8) is 0 Å². The Hall–Kier alpha value is -0.870. The van der Waals surface area contributed by atoms with Crippen LogP contribution in [0.1, 0.15) is 12.1 Å². The SMILES string of the molecule is Cn1nc(CC2(CBr)CCOC2)c2ccccc21. The second kappa shape index (κ2) is 4.67. The zero-order valence-corrected chi connectivity index (χ0v) is 12.1. The normalized spacial score (nSPS) is 23.9. The standard InChI is InChI=1S/C14H17BrN2O/c1-17-13-5-3-2-4-11(13)12(16-17)8-14(9-15)6-7-18-10-14/h2-5H,6-10H2,1H3. The molecule has 0 amide bonds. The first-order chi connectivity index (χ1) is 8.74. The van der Waals surface area contributed by atoms with E-state index in [0.29, 0.717) is 0 Å². The van der Waals surface area contributed by atoms with E-state index >= 15 is 0 Å². The smallest absolute Gasteiger partial charge is 0.0709 e. The lowest BCUT2D eigenvalue weighted by molar-refractivity contribution is 0.161. The van der Waals surface area contributed by atoms with Gasteiger partial charge >= 0.3 is 0 Å². The Morgan fingerprint density at radius 1 is 1.44 bits per heavy atom. The van der Waals surface area contributed by atoms with Crippen LogP contribution < -0.4 is 0 Å². The molecule has 1 saturated heterocycles. The maximum Gasteiger partial charge on any atom is 0.0709 e. The van der Waals surface area contributed by atoms with Gasteiger partial charge in [0.25, 0.3) is 0 Å². The molecule has 2 aromatic rings. The number of aromatic nitrogens is 2. The molecule has 1 aliphatic rings. The molecule has 96 valence electrons. The molecule has 0 radical (unpaired) electrons. The Kier molecular flexibility index (Phi) is 3.16. The van der Waals surface area contributed by atoms with Crippen LogP contribution in [-0.2, 0) is 18.2 Å². The molecule has 3 nitrogen and oxygen atoms in total. The molecule has 0 aliphatic carbocycles. The molecule has 18 heavy (non-hydrogen) atoms. The van der Waals surface area contributed by atoms with Gasteiger partial charge in [-0.1, -0.05) is 34.1 Å². The zero-order valence-electron chi connectivity index (χ0n) is 10.5.